The third-order valence-electron chi connectivity index (χ3n) is 0.685. The summed E-state index contributed by atoms with van der Waals surface area (Å²) in [6.45, 7) is 0.829. The van der Waals surface area contributed by atoms with Gasteiger partial charge in [-0.15, -0.1) is 0 Å². The molecular formula is C3H6BrNO. The summed E-state index contributed by atoms with van der Waals surface area (Å²) in [7, 11) is 0. The van der Waals surface area contributed by atoms with Crippen molar-refractivity contribution in [3.63, 3.8) is 0 Å². The van der Waals surface area contributed by atoms with Crippen LogP contribution in [0.5, 0.6) is 0 Å². The fraction of sp³-hybridized carbons (Fsp3) is 1.00. The molecule has 36 valence electrons. The van der Waals surface area contributed by atoms with Crippen LogP contribution < -0.4 is 5.48 Å². The van der Waals surface area contributed by atoms with Crippen molar-refractivity contribution in [3.05, 3.63) is 0 Å². The van der Waals surface area contributed by atoms with Gasteiger partial charge in [0.25, 0.3) is 0 Å². The molecule has 0 aromatic rings. The molecule has 0 spiro atoms. The predicted molar refractivity (Wildman–Crippen MR) is 26.4 cm³/mol. The van der Waals surface area contributed by atoms with E-state index < -0.39 is 0 Å². The highest BCUT2D eigenvalue weighted by Gasteiger charge is 2.08. The summed E-state index contributed by atoms with van der Waals surface area (Å²) < 4.78 is 0. The van der Waals surface area contributed by atoms with E-state index in [0.717, 1.165) is 13.0 Å². The van der Waals surface area contributed by atoms with E-state index in [4.69, 9.17) is 4.84 Å². The molecule has 0 bridgehead atoms. The lowest BCUT2D eigenvalue weighted by atomic mass is 10.5. The van der Waals surface area contributed by atoms with Gasteiger partial charge in [0.2, 0.25) is 0 Å². The van der Waals surface area contributed by atoms with Crippen molar-refractivity contribution in [1.82, 2.24) is 5.48 Å². The van der Waals surface area contributed by atoms with Crippen molar-refractivity contribution in [2.24, 2.45) is 0 Å². The molecule has 1 heterocycles. The van der Waals surface area contributed by atoms with Gasteiger partial charge in [-0.3, -0.25) is 0 Å². The maximum Gasteiger partial charge on any atom is 0.0894 e. The largest absolute Gasteiger partial charge is 0.301 e. The highest BCUT2D eigenvalue weighted by Crippen LogP contribution is 2.05. The van der Waals surface area contributed by atoms with E-state index >= 15 is 0 Å². The van der Waals surface area contributed by atoms with Gasteiger partial charge in [-0.1, -0.05) is 15.9 Å². The van der Waals surface area contributed by atoms with E-state index in [1.54, 1.807) is 0 Å². The van der Waals surface area contributed by atoms with Crippen molar-refractivity contribution >= 4 is 15.9 Å². The molecule has 0 radical (unpaired) electrons. The first-order valence-electron chi connectivity index (χ1n) is 1.91. The lowest BCUT2D eigenvalue weighted by Gasteiger charge is -1.90. The Labute approximate surface area is 44.9 Å². The fourth-order valence-corrected chi connectivity index (χ4v) is 0.690. The predicted octanol–water partition coefficient (Wildman–Crippen LogP) is 0.632. The van der Waals surface area contributed by atoms with E-state index in [1.807, 2.05) is 0 Å². The van der Waals surface area contributed by atoms with Gasteiger partial charge in [0.1, 0.15) is 0 Å². The Morgan fingerprint density at radius 3 is 2.83 bits per heavy atom. The van der Waals surface area contributed by atoms with Gasteiger partial charge in [0.05, 0.1) is 11.6 Å². The second kappa shape index (κ2) is 1.91. The molecule has 0 aromatic heterocycles. The number of alkyl halides is 1. The summed E-state index contributed by atoms with van der Waals surface area (Å²) in [4.78, 5) is 5.15. The minimum Gasteiger partial charge on any atom is -0.301 e. The van der Waals surface area contributed by atoms with Crippen LogP contribution in [0.15, 0.2) is 0 Å². The second-order valence-corrected chi connectivity index (χ2v) is 2.33. The number of halogens is 1. The normalized spacial score (nSPS) is 34.5. The molecule has 1 fully saturated rings. The maximum absolute atomic E-state index is 4.76. The van der Waals surface area contributed by atoms with Gasteiger partial charge in [-0.25, -0.2) is 0 Å². The molecule has 1 atom stereocenters. The lowest BCUT2D eigenvalue weighted by Crippen LogP contribution is -2.11. The zero-order valence-electron chi connectivity index (χ0n) is 3.28. The number of hydroxylamine groups is 1. The first-order chi connectivity index (χ1) is 2.89. The Morgan fingerprint density at radius 2 is 2.67 bits per heavy atom. The molecule has 1 rings (SSSR count). The van der Waals surface area contributed by atoms with Crippen LogP contribution >= 0.6 is 15.9 Å². The molecule has 0 aromatic carbocycles. The van der Waals surface area contributed by atoms with Crippen molar-refractivity contribution in [3.8, 4) is 0 Å². The van der Waals surface area contributed by atoms with Crippen LogP contribution in [0.1, 0.15) is 6.42 Å². The second-order valence-electron chi connectivity index (χ2n) is 1.22. The van der Waals surface area contributed by atoms with Crippen LogP contribution in [0, 0.1) is 0 Å². The first-order valence-corrected chi connectivity index (χ1v) is 2.82. The van der Waals surface area contributed by atoms with E-state index in [2.05, 4.69) is 21.4 Å². The van der Waals surface area contributed by atoms with Crippen LogP contribution in [0.4, 0.5) is 0 Å². The maximum atomic E-state index is 4.76. The molecule has 1 N–H and O–H groups in total. The standard InChI is InChI=1S/C3H6BrNO/c4-3-1-2-6-5-3/h3,5H,1-2H2. The van der Waals surface area contributed by atoms with Gasteiger partial charge in [-0.05, 0) is 0 Å². The van der Waals surface area contributed by atoms with E-state index in [-0.39, 0.29) is 0 Å². The number of hydrogen-bond donors (Lipinski definition) is 1. The molecule has 1 aliphatic rings. The summed E-state index contributed by atoms with van der Waals surface area (Å²) in [6.07, 6.45) is 1.07. The van der Waals surface area contributed by atoms with E-state index in [9.17, 15) is 0 Å². The van der Waals surface area contributed by atoms with Gasteiger partial charge in [-0.2, -0.15) is 5.48 Å². The number of hydrogen-bond acceptors (Lipinski definition) is 2. The van der Waals surface area contributed by atoms with Crippen molar-refractivity contribution in [2.75, 3.05) is 6.61 Å². The summed E-state index contributed by atoms with van der Waals surface area (Å²) >= 11 is 3.30. The average molecular weight is 152 g/mol. The Balaban J connectivity index is 2.18. The van der Waals surface area contributed by atoms with Crippen molar-refractivity contribution in [1.29, 1.82) is 0 Å². The molecule has 6 heavy (non-hydrogen) atoms. The quantitative estimate of drug-likeness (QED) is 0.406. The average Bonchev–Trinajstić information content (AvgIpc) is 1.86. The Morgan fingerprint density at radius 1 is 1.83 bits per heavy atom. The van der Waals surface area contributed by atoms with Crippen molar-refractivity contribution < 1.29 is 4.84 Å². The van der Waals surface area contributed by atoms with Gasteiger partial charge in [0.15, 0.2) is 0 Å². The molecule has 3 heteroatoms. The molecule has 1 aliphatic heterocycles. The molecule has 1 saturated heterocycles. The summed E-state index contributed by atoms with van der Waals surface area (Å²) in [6, 6.07) is 0. The number of rotatable bonds is 0. The SMILES string of the molecule is BrC1CCON1. The van der Waals surface area contributed by atoms with Crippen LogP contribution in [0.2, 0.25) is 0 Å². The fourth-order valence-electron chi connectivity index (χ4n) is 0.371. The zero-order valence-corrected chi connectivity index (χ0v) is 4.86. The van der Waals surface area contributed by atoms with E-state index in [1.165, 1.54) is 0 Å². The molecule has 0 amide bonds. The monoisotopic (exact) mass is 151 g/mol. The van der Waals surface area contributed by atoms with Crippen LogP contribution in [-0.4, -0.2) is 11.6 Å². The molecular weight excluding hydrogens is 146 g/mol. The van der Waals surface area contributed by atoms with Gasteiger partial charge < -0.3 is 4.84 Å². The van der Waals surface area contributed by atoms with Crippen LogP contribution in [-0.2, 0) is 4.84 Å². The van der Waals surface area contributed by atoms with E-state index in [0.29, 0.717) is 4.95 Å². The molecule has 0 aliphatic carbocycles. The first kappa shape index (κ1) is 4.56. The Bertz CT molecular complexity index is 44.1. The highest BCUT2D eigenvalue weighted by molar-refractivity contribution is 9.09. The zero-order chi connectivity index (χ0) is 4.41. The van der Waals surface area contributed by atoms with Crippen LogP contribution in [0.25, 0.3) is 0 Å². The summed E-state index contributed by atoms with van der Waals surface area (Å²) in [5.74, 6) is 0. The molecule has 0 saturated carbocycles. The lowest BCUT2D eigenvalue weighted by molar-refractivity contribution is 0.0996. The summed E-state index contributed by atoms with van der Waals surface area (Å²) in [5, 5.41) is 0. The van der Waals surface area contributed by atoms with Gasteiger partial charge >= 0.3 is 0 Å². The smallest absolute Gasteiger partial charge is 0.0894 e. The Kier molecular flexibility index (Phi) is 1.45. The summed E-state index contributed by atoms with van der Waals surface area (Å²) in [5.41, 5.74) is 2.74. The van der Waals surface area contributed by atoms with Gasteiger partial charge in [0, 0.05) is 6.42 Å². The highest BCUT2D eigenvalue weighted by atomic mass is 79.9. The van der Waals surface area contributed by atoms with Crippen LogP contribution in [0.3, 0.4) is 0 Å². The molecule has 1 unspecified atom stereocenters. The topological polar surface area (TPSA) is 21.3 Å². The number of nitrogens with one attached hydrogen (secondary N) is 1. The third kappa shape index (κ3) is 0.929. The minimum absolute atomic E-state index is 0.387. The minimum atomic E-state index is 0.387. The Hall–Kier alpha value is 0.400. The van der Waals surface area contributed by atoms with Crippen molar-refractivity contribution in [2.45, 2.75) is 11.4 Å². The third-order valence-corrected chi connectivity index (χ3v) is 1.33. The molecule has 2 nitrogen and oxygen atoms in total.